The number of carbonyl (C=O) groups is 1. The summed E-state index contributed by atoms with van der Waals surface area (Å²) in [6.07, 6.45) is 16.9. The smallest absolute Gasteiger partial charge is 0.303 e. The molecule has 0 aromatic carbocycles. The number of rotatable bonds is 17. The molecule has 0 heterocycles. The minimum Gasteiger partial charge on any atom is -0.481 e. The van der Waals surface area contributed by atoms with Crippen molar-refractivity contribution in [1.29, 1.82) is 0 Å². The van der Waals surface area contributed by atoms with Gasteiger partial charge in [0.05, 0.1) is 0 Å². The SMILES string of the molecule is O=C(O)CCCCCCCCCCCCCCC(CS)CS. The average molecular weight is 349 g/mol. The van der Waals surface area contributed by atoms with Gasteiger partial charge in [-0.15, -0.1) is 0 Å². The van der Waals surface area contributed by atoms with Crippen LogP contribution < -0.4 is 0 Å². The molecule has 0 saturated heterocycles. The second kappa shape index (κ2) is 17.5. The van der Waals surface area contributed by atoms with Crippen molar-refractivity contribution in [2.75, 3.05) is 11.5 Å². The van der Waals surface area contributed by atoms with Crippen LogP contribution in [0.2, 0.25) is 0 Å². The van der Waals surface area contributed by atoms with Crippen molar-refractivity contribution < 1.29 is 9.90 Å². The second-order valence-electron chi connectivity index (χ2n) is 6.41. The molecule has 0 radical (unpaired) electrons. The maximum absolute atomic E-state index is 10.4. The van der Waals surface area contributed by atoms with Gasteiger partial charge in [0.25, 0.3) is 0 Å². The Hall–Kier alpha value is 0.170. The van der Waals surface area contributed by atoms with Crippen LogP contribution in [0.3, 0.4) is 0 Å². The molecule has 2 nitrogen and oxygen atoms in total. The Morgan fingerprint density at radius 1 is 0.682 bits per heavy atom. The molecule has 4 heteroatoms. The zero-order valence-corrected chi connectivity index (χ0v) is 15.9. The van der Waals surface area contributed by atoms with Gasteiger partial charge in [-0.2, -0.15) is 25.3 Å². The zero-order chi connectivity index (χ0) is 16.5. The first-order chi connectivity index (χ1) is 10.7. The van der Waals surface area contributed by atoms with Crippen molar-refractivity contribution in [3.8, 4) is 0 Å². The van der Waals surface area contributed by atoms with Gasteiger partial charge in [0.1, 0.15) is 0 Å². The van der Waals surface area contributed by atoms with Crippen LogP contribution in [0.25, 0.3) is 0 Å². The van der Waals surface area contributed by atoms with Gasteiger partial charge in [-0.25, -0.2) is 0 Å². The van der Waals surface area contributed by atoms with Gasteiger partial charge >= 0.3 is 5.97 Å². The van der Waals surface area contributed by atoms with Crippen LogP contribution >= 0.6 is 25.3 Å². The lowest BCUT2D eigenvalue weighted by molar-refractivity contribution is -0.137. The van der Waals surface area contributed by atoms with Crippen LogP contribution in [-0.4, -0.2) is 22.6 Å². The molecule has 0 aromatic rings. The third-order valence-corrected chi connectivity index (χ3v) is 5.30. The number of carboxylic acid groups (broad SMARTS) is 1. The number of hydrogen-bond donors (Lipinski definition) is 3. The molecule has 1 N–H and O–H groups in total. The molecule has 0 rings (SSSR count). The molecule has 0 spiro atoms. The number of thiol groups is 2. The lowest BCUT2D eigenvalue weighted by Gasteiger charge is -2.10. The quantitative estimate of drug-likeness (QED) is 0.222. The summed E-state index contributed by atoms with van der Waals surface area (Å²) in [6.45, 7) is 0. The van der Waals surface area contributed by atoms with E-state index in [0.29, 0.717) is 12.3 Å². The number of aliphatic carboxylic acids is 1. The summed E-state index contributed by atoms with van der Waals surface area (Å²) in [5.41, 5.74) is 0. The largest absolute Gasteiger partial charge is 0.481 e. The van der Waals surface area contributed by atoms with Crippen LogP contribution in [0, 0.1) is 5.92 Å². The van der Waals surface area contributed by atoms with Crippen molar-refractivity contribution in [3.05, 3.63) is 0 Å². The fourth-order valence-electron chi connectivity index (χ4n) is 2.72. The third kappa shape index (κ3) is 16.5. The topological polar surface area (TPSA) is 37.3 Å². The summed E-state index contributed by atoms with van der Waals surface area (Å²) in [6, 6.07) is 0. The molecule has 0 amide bonds. The highest BCUT2D eigenvalue weighted by molar-refractivity contribution is 7.81. The van der Waals surface area contributed by atoms with Crippen molar-refractivity contribution in [3.63, 3.8) is 0 Å². The van der Waals surface area contributed by atoms with E-state index in [1.54, 1.807) is 0 Å². The summed E-state index contributed by atoms with van der Waals surface area (Å²) in [5.74, 6) is 1.98. The lowest BCUT2D eigenvalue weighted by Crippen LogP contribution is -2.03. The van der Waals surface area contributed by atoms with Crippen LogP contribution in [0.1, 0.15) is 89.9 Å². The van der Waals surface area contributed by atoms with Crippen molar-refractivity contribution in [2.24, 2.45) is 5.92 Å². The molecule has 0 bridgehead atoms. The Morgan fingerprint density at radius 3 is 1.41 bits per heavy atom. The standard InChI is InChI=1S/C18H36O2S2/c19-18(20)14-12-10-8-6-4-2-1-3-5-7-9-11-13-17(15-21)16-22/h17,21-22H,1-16H2,(H,19,20). The highest BCUT2D eigenvalue weighted by Crippen LogP contribution is 2.16. The Morgan fingerprint density at radius 2 is 1.05 bits per heavy atom. The van der Waals surface area contributed by atoms with Crippen LogP contribution in [0.4, 0.5) is 0 Å². The molecule has 0 saturated carbocycles. The fourth-order valence-corrected chi connectivity index (χ4v) is 3.54. The minimum atomic E-state index is -0.660. The summed E-state index contributed by atoms with van der Waals surface area (Å²) >= 11 is 8.69. The van der Waals surface area contributed by atoms with E-state index in [0.717, 1.165) is 24.3 Å². The Kier molecular flexibility index (Phi) is 17.7. The first-order valence-electron chi connectivity index (χ1n) is 9.14. The van der Waals surface area contributed by atoms with Gasteiger partial charge in [-0.1, -0.05) is 70.6 Å². The van der Waals surface area contributed by atoms with Gasteiger partial charge in [0, 0.05) is 6.42 Å². The van der Waals surface area contributed by atoms with E-state index < -0.39 is 5.97 Å². The molecular weight excluding hydrogens is 312 g/mol. The molecule has 0 unspecified atom stereocenters. The van der Waals surface area contributed by atoms with E-state index in [1.807, 2.05) is 0 Å². The summed E-state index contributed by atoms with van der Waals surface area (Å²) in [5, 5.41) is 8.54. The highest BCUT2D eigenvalue weighted by Gasteiger charge is 2.03. The molecule has 22 heavy (non-hydrogen) atoms. The maximum Gasteiger partial charge on any atom is 0.303 e. The van der Waals surface area contributed by atoms with Crippen LogP contribution in [0.15, 0.2) is 0 Å². The number of unbranched alkanes of at least 4 members (excludes halogenated alkanes) is 11. The van der Waals surface area contributed by atoms with Crippen molar-refractivity contribution >= 4 is 31.2 Å². The predicted octanol–water partition coefficient (Wildman–Crippen LogP) is 6.01. The van der Waals surface area contributed by atoms with Crippen LogP contribution in [-0.2, 0) is 4.79 Å². The van der Waals surface area contributed by atoms with Gasteiger partial charge < -0.3 is 5.11 Å². The fraction of sp³-hybridized carbons (Fsp3) is 0.944. The number of hydrogen-bond acceptors (Lipinski definition) is 3. The Balaban J connectivity index is 3.07. The molecule has 132 valence electrons. The summed E-state index contributed by atoms with van der Waals surface area (Å²) in [4.78, 5) is 10.4. The Labute approximate surface area is 148 Å². The van der Waals surface area contributed by atoms with Gasteiger partial charge in [0.15, 0.2) is 0 Å². The normalized spacial score (nSPS) is 11.2. The summed E-state index contributed by atoms with van der Waals surface area (Å²) < 4.78 is 0. The summed E-state index contributed by atoms with van der Waals surface area (Å²) in [7, 11) is 0. The molecule has 0 fully saturated rings. The molecule has 0 aliphatic carbocycles. The first-order valence-corrected chi connectivity index (χ1v) is 10.4. The lowest BCUT2D eigenvalue weighted by atomic mass is 10.0. The van der Waals surface area contributed by atoms with Gasteiger partial charge in [-0.05, 0) is 30.3 Å². The van der Waals surface area contributed by atoms with E-state index in [9.17, 15) is 4.79 Å². The number of carboxylic acids is 1. The van der Waals surface area contributed by atoms with Crippen LogP contribution in [0.5, 0.6) is 0 Å². The highest BCUT2D eigenvalue weighted by atomic mass is 32.1. The first kappa shape index (κ1) is 22.2. The molecule has 0 aliphatic heterocycles. The van der Waals surface area contributed by atoms with Gasteiger partial charge in [0.2, 0.25) is 0 Å². The molecule has 0 atom stereocenters. The molecular formula is C18H36O2S2. The van der Waals surface area contributed by atoms with E-state index in [2.05, 4.69) is 25.3 Å². The van der Waals surface area contributed by atoms with E-state index >= 15 is 0 Å². The van der Waals surface area contributed by atoms with Crippen molar-refractivity contribution in [2.45, 2.75) is 89.9 Å². The third-order valence-electron chi connectivity index (χ3n) is 4.27. The van der Waals surface area contributed by atoms with E-state index in [-0.39, 0.29) is 0 Å². The zero-order valence-electron chi connectivity index (χ0n) is 14.1. The molecule has 0 aromatic heterocycles. The second-order valence-corrected chi connectivity index (χ2v) is 7.14. The van der Waals surface area contributed by atoms with Gasteiger partial charge in [-0.3, -0.25) is 4.79 Å². The minimum absolute atomic E-state index is 0.336. The van der Waals surface area contributed by atoms with E-state index in [1.165, 1.54) is 70.6 Å². The Bertz CT molecular complexity index is 243. The predicted molar refractivity (Wildman–Crippen MR) is 103 cm³/mol. The average Bonchev–Trinajstić information content (AvgIpc) is 2.51. The molecule has 0 aliphatic rings. The monoisotopic (exact) mass is 348 g/mol. The van der Waals surface area contributed by atoms with Crippen molar-refractivity contribution in [1.82, 2.24) is 0 Å². The van der Waals surface area contributed by atoms with E-state index in [4.69, 9.17) is 5.11 Å². The maximum atomic E-state index is 10.4.